The number of anilines is 1. The highest BCUT2D eigenvalue weighted by Gasteiger charge is 2.22. The molecule has 0 bridgehead atoms. The first-order valence-electron chi connectivity index (χ1n) is 7.36. The van der Waals surface area contributed by atoms with Crippen molar-refractivity contribution in [1.29, 1.82) is 5.41 Å². The van der Waals surface area contributed by atoms with E-state index in [9.17, 15) is 4.79 Å². The second-order valence-electron chi connectivity index (χ2n) is 5.19. The predicted molar refractivity (Wildman–Crippen MR) is 94.9 cm³/mol. The molecule has 1 atom stereocenters. The molecule has 0 saturated carbocycles. The summed E-state index contributed by atoms with van der Waals surface area (Å²) in [7, 11) is 1.67. The topological polar surface area (TPSA) is 86.9 Å². The number of amides is 1. The minimum absolute atomic E-state index is 0.0848. The Morgan fingerprint density at radius 1 is 1.58 bits per heavy atom. The summed E-state index contributed by atoms with van der Waals surface area (Å²) in [6, 6.07) is 3.65. The maximum atomic E-state index is 12.5. The first-order valence-corrected chi connectivity index (χ1v) is 7.74. The van der Waals surface area contributed by atoms with Gasteiger partial charge in [0.05, 0.1) is 24.0 Å². The number of carbonyl (C=O) groups is 1. The van der Waals surface area contributed by atoms with Crippen molar-refractivity contribution in [2.75, 3.05) is 18.5 Å². The van der Waals surface area contributed by atoms with Crippen LogP contribution in [-0.2, 0) is 4.79 Å². The van der Waals surface area contributed by atoms with Crippen LogP contribution in [-0.4, -0.2) is 40.5 Å². The monoisotopic (exact) mass is 346 g/mol. The molecule has 24 heavy (non-hydrogen) atoms. The van der Waals surface area contributed by atoms with E-state index in [1.807, 2.05) is 13.0 Å². The average Bonchev–Trinajstić information content (AvgIpc) is 2.99. The maximum absolute atomic E-state index is 12.5. The number of hydrogen-bond donors (Lipinski definition) is 2. The number of carbonyl (C=O) groups excluding carboxylic acids is 1. The van der Waals surface area contributed by atoms with Crippen molar-refractivity contribution in [3.63, 3.8) is 0 Å². The first-order chi connectivity index (χ1) is 11.5. The van der Waals surface area contributed by atoms with E-state index < -0.39 is 0 Å². The third kappa shape index (κ3) is 4.20. The highest BCUT2D eigenvalue weighted by atomic mass is 35.5. The Kier molecular flexibility index (Phi) is 6.08. The van der Waals surface area contributed by atoms with E-state index in [4.69, 9.17) is 17.0 Å². The number of allylic oxidation sites excluding steroid dienone is 1. The minimum Gasteiger partial charge on any atom is -0.390 e. The van der Waals surface area contributed by atoms with Gasteiger partial charge in [-0.2, -0.15) is 5.10 Å². The smallest absolute Gasteiger partial charge is 0.231 e. The lowest BCUT2D eigenvalue weighted by Gasteiger charge is -2.20. The first kappa shape index (κ1) is 17.7. The van der Waals surface area contributed by atoms with Crippen LogP contribution in [0.4, 0.5) is 5.69 Å². The number of aromatic nitrogens is 3. The molecule has 0 radical (unpaired) electrons. The maximum Gasteiger partial charge on any atom is 0.231 e. The van der Waals surface area contributed by atoms with Crippen LogP contribution in [0, 0.1) is 11.3 Å². The Morgan fingerprint density at radius 2 is 2.38 bits per heavy atom. The van der Waals surface area contributed by atoms with Crippen molar-refractivity contribution in [2.24, 2.45) is 5.92 Å². The summed E-state index contributed by atoms with van der Waals surface area (Å²) in [5.41, 5.74) is 1.30. The van der Waals surface area contributed by atoms with Gasteiger partial charge in [-0.15, -0.1) is 0 Å². The molecular weight excluding hydrogens is 328 g/mol. The molecule has 0 aliphatic carbocycles. The largest absolute Gasteiger partial charge is 0.390 e. The molecule has 7 nitrogen and oxygen atoms in total. The molecule has 2 rings (SSSR count). The zero-order valence-electron chi connectivity index (χ0n) is 13.5. The third-order valence-electron chi connectivity index (χ3n) is 3.41. The zero-order chi connectivity index (χ0) is 17.5. The van der Waals surface area contributed by atoms with E-state index in [0.717, 1.165) is 11.9 Å². The quantitative estimate of drug-likeness (QED) is 0.753. The van der Waals surface area contributed by atoms with Crippen LogP contribution < -0.4 is 10.2 Å². The zero-order valence-corrected chi connectivity index (χ0v) is 14.2. The molecule has 1 unspecified atom stereocenters. The SMILES string of the molecule is CC(CN/C=C\C=N)C(=O)N(C)c1cn(-c2cccnc2)nc1Cl. The highest BCUT2D eigenvalue weighted by molar-refractivity contribution is 6.32. The molecule has 2 aromatic rings. The average molecular weight is 347 g/mol. The molecule has 126 valence electrons. The summed E-state index contributed by atoms with van der Waals surface area (Å²) in [5.74, 6) is -0.346. The van der Waals surface area contributed by atoms with Gasteiger partial charge in [0.1, 0.15) is 5.69 Å². The van der Waals surface area contributed by atoms with Crippen LogP contribution in [0.5, 0.6) is 0 Å². The number of rotatable bonds is 7. The van der Waals surface area contributed by atoms with Crippen molar-refractivity contribution in [3.8, 4) is 5.69 Å². The Balaban J connectivity index is 2.10. The van der Waals surface area contributed by atoms with Gasteiger partial charge in [-0.25, -0.2) is 4.68 Å². The van der Waals surface area contributed by atoms with E-state index in [0.29, 0.717) is 12.2 Å². The van der Waals surface area contributed by atoms with Crippen LogP contribution in [0.25, 0.3) is 5.69 Å². The van der Waals surface area contributed by atoms with Crippen molar-refractivity contribution < 1.29 is 4.79 Å². The summed E-state index contributed by atoms with van der Waals surface area (Å²) in [5, 5.41) is 14.3. The second-order valence-corrected chi connectivity index (χ2v) is 5.55. The number of nitrogens with zero attached hydrogens (tertiary/aromatic N) is 4. The van der Waals surface area contributed by atoms with Crippen molar-refractivity contribution in [1.82, 2.24) is 20.1 Å². The van der Waals surface area contributed by atoms with E-state index in [-0.39, 0.29) is 17.0 Å². The van der Waals surface area contributed by atoms with Gasteiger partial charge in [-0.3, -0.25) is 9.78 Å². The Bertz CT molecular complexity index is 727. The molecule has 0 saturated heterocycles. The van der Waals surface area contributed by atoms with E-state index in [1.165, 1.54) is 4.90 Å². The summed E-state index contributed by atoms with van der Waals surface area (Å²) >= 11 is 6.19. The Morgan fingerprint density at radius 3 is 3.04 bits per heavy atom. The fraction of sp³-hybridized carbons (Fsp3) is 0.250. The molecule has 0 spiro atoms. The van der Waals surface area contributed by atoms with Gasteiger partial charge >= 0.3 is 0 Å². The van der Waals surface area contributed by atoms with Gasteiger partial charge in [0.25, 0.3) is 0 Å². The lowest BCUT2D eigenvalue weighted by atomic mass is 10.1. The van der Waals surface area contributed by atoms with Gasteiger partial charge in [-0.1, -0.05) is 18.5 Å². The van der Waals surface area contributed by atoms with E-state index >= 15 is 0 Å². The normalized spacial score (nSPS) is 12.1. The second kappa shape index (κ2) is 8.26. The molecule has 0 fully saturated rings. The number of nitrogens with one attached hydrogen (secondary N) is 2. The molecule has 0 aliphatic heterocycles. The van der Waals surface area contributed by atoms with Gasteiger partial charge in [0.15, 0.2) is 5.15 Å². The standard InChI is InChI=1S/C16H19ClN6O/c1-12(9-19-8-4-6-18)16(24)22(2)14-11-23(21-15(14)17)13-5-3-7-20-10-13/h3-8,10-12,18-19H,9H2,1-2H3/b8-4-,18-6?. The highest BCUT2D eigenvalue weighted by Crippen LogP contribution is 2.26. The molecule has 2 heterocycles. The van der Waals surface area contributed by atoms with Gasteiger partial charge in [0, 0.05) is 26.0 Å². The predicted octanol–water partition coefficient (Wildman–Crippen LogP) is 2.27. The van der Waals surface area contributed by atoms with Crippen LogP contribution in [0.2, 0.25) is 5.15 Å². The Hall–Kier alpha value is -2.67. The molecule has 2 N–H and O–H groups in total. The van der Waals surface area contributed by atoms with Crippen LogP contribution in [0.1, 0.15) is 6.92 Å². The Labute approximate surface area is 145 Å². The van der Waals surface area contributed by atoms with Gasteiger partial charge in [0.2, 0.25) is 5.91 Å². The molecule has 0 aliphatic rings. The number of halogens is 1. The van der Waals surface area contributed by atoms with Crippen molar-refractivity contribution in [2.45, 2.75) is 6.92 Å². The van der Waals surface area contributed by atoms with Crippen molar-refractivity contribution in [3.05, 3.63) is 48.2 Å². The summed E-state index contributed by atoms with van der Waals surface area (Å²) < 4.78 is 1.59. The molecule has 1 amide bonds. The van der Waals surface area contributed by atoms with E-state index in [2.05, 4.69) is 15.4 Å². The summed E-state index contributed by atoms with van der Waals surface area (Å²) in [6.45, 7) is 2.28. The number of hydrogen-bond acceptors (Lipinski definition) is 5. The fourth-order valence-electron chi connectivity index (χ4n) is 2.09. The minimum atomic E-state index is -0.261. The van der Waals surface area contributed by atoms with E-state index in [1.54, 1.807) is 48.7 Å². The number of pyridine rings is 1. The van der Waals surface area contributed by atoms with Crippen LogP contribution in [0.15, 0.2) is 43.0 Å². The summed E-state index contributed by atoms with van der Waals surface area (Å²) in [4.78, 5) is 18.1. The van der Waals surface area contributed by atoms with Crippen LogP contribution in [0.3, 0.4) is 0 Å². The third-order valence-corrected chi connectivity index (χ3v) is 3.68. The lowest BCUT2D eigenvalue weighted by molar-refractivity contribution is -0.121. The van der Waals surface area contributed by atoms with Crippen molar-refractivity contribution >= 4 is 29.4 Å². The molecular formula is C16H19ClN6O. The molecule has 2 aromatic heterocycles. The molecule has 0 aromatic carbocycles. The van der Waals surface area contributed by atoms with Gasteiger partial charge in [-0.05, 0) is 24.4 Å². The lowest BCUT2D eigenvalue weighted by Crippen LogP contribution is -2.35. The van der Waals surface area contributed by atoms with Crippen LogP contribution >= 0.6 is 11.6 Å². The molecule has 8 heteroatoms. The summed E-state index contributed by atoms with van der Waals surface area (Å²) in [6.07, 6.45) is 9.38. The fourth-order valence-corrected chi connectivity index (χ4v) is 2.34. The van der Waals surface area contributed by atoms with Gasteiger partial charge < -0.3 is 15.6 Å².